The first-order chi connectivity index (χ1) is 9.16. The number of nitrogens with zero attached hydrogens (tertiary/aromatic N) is 3. The van der Waals surface area contributed by atoms with Gasteiger partial charge in [-0.05, 0) is 31.9 Å². The molecular weight excluding hydrogens is 244 g/mol. The van der Waals surface area contributed by atoms with E-state index in [1.807, 2.05) is 0 Å². The molecule has 6 heteroatoms. The number of hydrogen-bond acceptors (Lipinski definition) is 4. The number of rotatable bonds is 3. The standard InChI is InChI=1S/C13H14N4O2/c1-8-11(12(18)15-9-5-6-9)13(19)17(16-8)10-4-2-3-7-14-10/h2-4,7,9,11H,5-6H2,1H3,(H,15,18). The van der Waals surface area contributed by atoms with Crippen LogP contribution in [0.4, 0.5) is 5.82 Å². The third-order valence-corrected chi connectivity index (χ3v) is 3.18. The monoisotopic (exact) mass is 258 g/mol. The van der Waals surface area contributed by atoms with Crippen LogP contribution in [0.2, 0.25) is 0 Å². The van der Waals surface area contributed by atoms with E-state index in [0.29, 0.717) is 11.5 Å². The molecule has 1 unspecified atom stereocenters. The Morgan fingerprint density at radius 1 is 1.42 bits per heavy atom. The molecule has 2 amide bonds. The van der Waals surface area contributed by atoms with Crippen molar-refractivity contribution < 1.29 is 9.59 Å². The Labute approximate surface area is 110 Å². The number of nitrogens with one attached hydrogen (secondary N) is 1. The lowest BCUT2D eigenvalue weighted by Gasteiger charge is -2.13. The van der Waals surface area contributed by atoms with Crippen LogP contribution in [-0.2, 0) is 9.59 Å². The van der Waals surface area contributed by atoms with Gasteiger partial charge in [-0.1, -0.05) is 6.07 Å². The van der Waals surface area contributed by atoms with E-state index in [-0.39, 0.29) is 17.9 Å². The Hall–Kier alpha value is -2.24. The zero-order valence-electron chi connectivity index (χ0n) is 10.5. The molecule has 1 saturated carbocycles. The topological polar surface area (TPSA) is 74.7 Å². The second-order valence-electron chi connectivity index (χ2n) is 4.80. The summed E-state index contributed by atoms with van der Waals surface area (Å²) >= 11 is 0. The first kappa shape index (κ1) is 11.8. The minimum Gasteiger partial charge on any atom is -0.352 e. The van der Waals surface area contributed by atoms with E-state index >= 15 is 0 Å². The van der Waals surface area contributed by atoms with E-state index in [2.05, 4.69) is 15.4 Å². The van der Waals surface area contributed by atoms with Gasteiger partial charge in [-0.2, -0.15) is 10.1 Å². The number of aromatic nitrogens is 1. The van der Waals surface area contributed by atoms with Crippen molar-refractivity contribution in [2.75, 3.05) is 5.01 Å². The van der Waals surface area contributed by atoms with Crippen LogP contribution < -0.4 is 10.3 Å². The summed E-state index contributed by atoms with van der Waals surface area (Å²) in [6, 6.07) is 5.46. The lowest BCUT2D eigenvalue weighted by molar-refractivity contribution is -0.130. The van der Waals surface area contributed by atoms with Gasteiger partial charge in [0.05, 0.1) is 5.71 Å². The molecule has 1 aliphatic carbocycles. The number of amides is 2. The maximum Gasteiger partial charge on any atom is 0.267 e. The average molecular weight is 258 g/mol. The minimum absolute atomic E-state index is 0.233. The Kier molecular flexibility index (Phi) is 2.77. The van der Waals surface area contributed by atoms with Gasteiger partial charge in [0.2, 0.25) is 5.91 Å². The lowest BCUT2D eigenvalue weighted by atomic mass is 10.0. The zero-order chi connectivity index (χ0) is 13.4. The van der Waals surface area contributed by atoms with Crippen molar-refractivity contribution >= 4 is 23.3 Å². The molecule has 19 heavy (non-hydrogen) atoms. The maximum atomic E-state index is 12.3. The molecule has 1 aromatic heterocycles. The van der Waals surface area contributed by atoms with E-state index in [1.165, 1.54) is 5.01 Å². The first-order valence-electron chi connectivity index (χ1n) is 6.27. The van der Waals surface area contributed by atoms with Gasteiger partial charge in [0.1, 0.15) is 0 Å². The van der Waals surface area contributed by atoms with Crippen molar-refractivity contribution in [2.45, 2.75) is 25.8 Å². The zero-order valence-corrected chi connectivity index (χ0v) is 10.5. The molecule has 1 aliphatic heterocycles. The smallest absolute Gasteiger partial charge is 0.267 e. The van der Waals surface area contributed by atoms with Crippen LogP contribution in [0.1, 0.15) is 19.8 Å². The number of anilines is 1. The minimum atomic E-state index is -0.817. The number of pyridine rings is 1. The maximum absolute atomic E-state index is 12.3. The van der Waals surface area contributed by atoms with Crippen LogP contribution in [0.15, 0.2) is 29.5 Å². The summed E-state index contributed by atoms with van der Waals surface area (Å²) < 4.78 is 0. The highest BCUT2D eigenvalue weighted by Crippen LogP contribution is 2.24. The molecule has 1 N–H and O–H groups in total. The molecule has 0 bridgehead atoms. The van der Waals surface area contributed by atoms with Crippen LogP contribution in [0.3, 0.4) is 0 Å². The normalized spacial score (nSPS) is 22.4. The Balaban J connectivity index is 1.80. The highest BCUT2D eigenvalue weighted by molar-refractivity contribution is 6.26. The Bertz CT molecular complexity index is 551. The Morgan fingerprint density at radius 2 is 2.21 bits per heavy atom. The second-order valence-corrected chi connectivity index (χ2v) is 4.80. The summed E-state index contributed by atoms with van der Waals surface area (Å²) in [6.07, 6.45) is 3.57. The molecule has 0 spiro atoms. The second kappa shape index (κ2) is 4.46. The number of hydrogen-bond donors (Lipinski definition) is 1. The highest BCUT2D eigenvalue weighted by Gasteiger charge is 2.41. The van der Waals surface area contributed by atoms with Crippen LogP contribution in [0.25, 0.3) is 0 Å². The van der Waals surface area contributed by atoms with Crippen molar-refractivity contribution in [2.24, 2.45) is 11.0 Å². The summed E-state index contributed by atoms with van der Waals surface area (Å²) in [5, 5.41) is 8.19. The van der Waals surface area contributed by atoms with E-state index in [9.17, 15) is 9.59 Å². The molecule has 2 aliphatic rings. The lowest BCUT2D eigenvalue weighted by Crippen LogP contribution is -2.41. The van der Waals surface area contributed by atoms with Crippen molar-refractivity contribution in [3.05, 3.63) is 24.4 Å². The van der Waals surface area contributed by atoms with Crippen molar-refractivity contribution in [3.63, 3.8) is 0 Å². The molecule has 1 aromatic rings. The SMILES string of the molecule is CC1=NN(c2ccccn2)C(=O)C1C(=O)NC1CC1. The van der Waals surface area contributed by atoms with E-state index < -0.39 is 5.92 Å². The molecule has 6 nitrogen and oxygen atoms in total. The van der Waals surface area contributed by atoms with E-state index in [4.69, 9.17) is 0 Å². The quantitative estimate of drug-likeness (QED) is 0.811. The summed E-state index contributed by atoms with van der Waals surface area (Å²) in [5.41, 5.74) is 0.508. The van der Waals surface area contributed by atoms with Crippen molar-refractivity contribution in [1.82, 2.24) is 10.3 Å². The van der Waals surface area contributed by atoms with Gasteiger partial charge in [-0.25, -0.2) is 4.98 Å². The van der Waals surface area contributed by atoms with Crippen LogP contribution in [0, 0.1) is 5.92 Å². The number of carbonyl (C=O) groups is 2. The van der Waals surface area contributed by atoms with Gasteiger partial charge in [-0.15, -0.1) is 0 Å². The van der Waals surface area contributed by atoms with Crippen LogP contribution in [0.5, 0.6) is 0 Å². The van der Waals surface area contributed by atoms with Crippen LogP contribution >= 0.6 is 0 Å². The fourth-order valence-electron chi connectivity index (χ4n) is 2.02. The first-order valence-corrected chi connectivity index (χ1v) is 6.27. The van der Waals surface area contributed by atoms with E-state index in [0.717, 1.165) is 12.8 Å². The summed E-state index contributed by atoms with van der Waals surface area (Å²) in [4.78, 5) is 28.4. The molecule has 0 aromatic carbocycles. The summed E-state index contributed by atoms with van der Waals surface area (Å²) in [7, 11) is 0. The highest BCUT2D eigenvalue weighted by atomic mass is 16.2. The third kappa shape index (κ3) is 2.21. The summed E-state index contributed by atoms with van der Waals surface area (Å²) in [6.45, 7) is 1.69. The van der Waals surface area contributed by atoms with Gasteiger partial charge in [0.15, 0.2) is 11.7 Å². The Morgan fingerprint density at radius 3 is 2.84 bits per heavy atom. The molecule has 0 saturated heterocycles. The van der Waals surface area contributed by atoms with Crippen molar-refractivity contribution in [3.8, 4) is 0 Å². The van der Waals surface area contributed by atoms with E-state index in [1.54, 1.807) is 31.3 Å². The summed E-state index contributed by atoms with van der Waals surface area (Å²) in [5.74, 6) is -0.974. The molecule has 0 radical (unpaired) electrons. The molecule has 3 rings (SSSR count). The van der Waals surface area contributed by atoms with Crippen LogP contribution in [-0.4, -0.2) is 28.6 Å². The molecule has 1 atom stereocenters. The predicted octanol–water partition coefficient (Wildman–Crippen LogP) is 0.699. The third-order valence-electron chi connectivity index (χ3n) is 3.18. The fourth-order valence-corrected chi connectivity index (χ4v) is 2.02. The molecule has 2 heterocycles. The van der Waals surface area contributed by atoms with Gasteiger partial charge in [-0.3, -0.25) is 9.59 Å². The average Bonchev–Trinajstić information content (AvgIpc) is 3.15. The van der Waals surface area contributed by atoms with Gasteiger partial charge in [0.25, 0.3) is 5.91 Å². The predicted molar refractivity (Wildman–Crippen MR) is 69.5 cm³/mol. The molecule has 1 fully saturated rings. The molecular formula is C13H14N4O2. The van der Waals surface area contributed by atoms with Gasteiger partial charge in [0, 0.05) is 12.2 Å². The number of hydrazone groups is 1. The largest absolute Gasteiger partial charge is 0.352 e. The molecule has 98 valence electrons. The fraction of sp³-hybridized carbons (Fsp3) is 0.385. The van der Waals surface area contributed by atoms with Gasteiger partial charge >= 0.3 is 0 Å². The number of carbonyl (C=O) groups excluding carboxylic acids is 2. The van der Waals surface area contributed by atoms with Crippen molar-refractivity contribution in [1.29, 1.82) is 0 Å². The van der Waals surface area contributed by atoms with Gasteiger partial charge < -0.3 is 5.32 Å².